The number of hydrogen-bond acceptors (Lipinski definition) is 8. The van der Waals surface area contributed by atoms with Crippen LogP contribution in [-0.4, -0.2) is 64.9 Å². The molecule has 5 rings (SSSR count). The van der Waals surface area contributed by atoms with E-state index in [4.69, 9.17) is 11.6 Å². The van der Waals surface area contributed by atoms with Crippen LogP contribution in [0, 0.1) is 0 Å². The summed E-state index contributed by atoms with van der Waals surface area (Å²) in [5.74, 6) is 0.643. The monoisotopic (exact) mass is 568 g/mol. The topological polar surface area (TPSA) is 115 Å². The molecule has 1 fully saturated rings. The standard InChI is InChI=1S/C30H29ClN8O2/c1-3-27(40)34-22-9-7-20(8-10-22)29(41)35-23-5-4-6-24(18-23)36-30-33-19-25(31)28(37-30)21-11-12-32-26(17-21)39-15-13-38(2)14-16-39/h3-12,17-19H,1,13-16H2,2H3,(H,34,40)(H,35,41)(H,33,36,37). The summed E-state index contributed by atoms with van der Waals surface area (Å²) in [6.45, 7) is 7.20. The van der Waals surface area contributed by atoms with Crippen molar-refractivity contribution in [2.45, 2.75) is 0 Å². The fourth-order valence-corrected chi connectivity index (χ4v) is 4.51. The molecule has 0 radical (unpaired) electrons. The molecule has 3 heterocycles. The molecule has 0 bridgehead atoms. The van der Waals surface area contributed by atoms with Crippen molar-refractivity contribution in [2.24, 2.45) is 0 Å². The first-order chi connectivity index (χ1) is 19.9. The summed E-state index contributed by atoms with van der Waals surface area (Å²) in [5, 5.41) is 9.16. The van der Waals surface area contributed by atoms with Gasteiger partial charge in [0, 0.05) is 60.6 Å². The molecular weight excluding hydrogens is 540 g/mol. The lowest BCUT2D eigenvalue weighted by Gasteiger charge is -2.33. The van der Waals surface area contributed by atoms with Crippen LogP contribution >= 0.6 is 11.6 Å². The number of piperazine rings is 1. The minimum Gasteiger partial charge on any atom is -0.354 e. The maximum Gasteiger partial charge on any atom is 0.255 e. The van der Waals surface area contributed by atoms with Crippen LogP contribution in [0.1, 0.15) is 10.4 Å². The zero-order chi connectivity index (χ0) is 28.8. The maximum atomic E-state index is 12.8. The van der Waals surface area contributed by atoms with E-state index in [1.807, 2.05) is 24.3 Å². The van der Waals surface area contributed by atoms with Crippen molar-refractivity contribution in [1.82, 2.24) is 19.9 Å². The van der Waals surface area contributed by atoms with Crippen LogP contribution < -0.4 is 20.9 Å². The lowest BCUT2D eigenvalue weighted by Crippen LogP contribution is -2.44. The average molecular weight is 569 g/mol. The molecule has 3 N–H and O–H groups in total. The molecule has 41 heavy (non-hydrogen) atoms. The second-order valence-electron chi connectivity index (χ2n) is 9.51. The normalized spacial score (nSPS) is 13.4. The van der Waals surface area contributed by atoms with E-state index in [1.54, 1.807) is 48.8 Å². The molecule has 208 valence electrons. The van der Waals surface area contributed by atoms with Gasteiger partial charge in [-0.1, -0.05) is 24.2 Å². The first-order valence-corrected chi connectivity index (χ1v) is 13.4. The Hall–Kier alpha value is -4.80. The Balaban J connectivity index is 1.28. The molecule has 0 unspecified atom stereocenters. The highest BCUT2D eigenvalue weighted by Crippen LogP contribution is 2.29. The van der Waals surface area contributed by atoms with Crippen molar-refractivity contribution in [1.29, 1.82) is 0 Å². The van der Waals surface area contributed by atoms with Gasteiger partial charge in [-0.3, -0.25) is 9.59 Å². The van der Waals surface area contributed by atoms with Gasteiger partial charge in [-0.25, -0.2) is 15.0 Å². The summed E-state index contributed by atoms with van der Waals surface area (Å²) in [4.78, 5) is 42.4. The van der Waals surface area contributed by atoms with E-state index in [2.05, 4.69) is 54.3 Å². The van der Waals surface area contributed by atoms with Crippen LogP contribution in [0.2, 0.25) is 5.02 Å². The molecule has 1 aliphatic heterocycles. The van der Waals surface area contributed by atoms with E-state index in [0.29, 0.717) is 39.3 Å². The second kappa shape index (κ2) is 12.6. The van der Waals surface area contributed by atoms with Crippen molar-refractivity contribution < 1.29 is 9.59 Å². The third-order valence-electron chi connectivity index (χ3n) is 6.57. The molecule has 10 nitrogen and oxygen atoms in total. The van der Waals surface area contributed by atoms with Crippen molar-refractivity contribution in [3.8, 4) is 11.3 Å². The van der Waals surface area contributed by atoms with Gasteiger partial charge in [-0.15, -0.1) is 0 Å². The number of nitrogens with one attached hydrogen (secondary N) is 3. The Morgan fingerprint density at radius 1 is 0.927 bits per heavy atom. The molecule has 0 atom stereocenters. The third kappa shape index (κ3) is 7.05. The Morgan fingerprint density at radius 3 is 2.44 bits per heavy atom. The fourth-order valence-electron chi connectivity index (χ4n) is 4.31. The summed E-state index contributed by atoms with van der Waals surface area (Å²) in [7, 11) is 2.12. The van der Waals surface area contributed by atoms with Gasteiger partial charge in [0.2, 0.25) is 11.9 Å². The highest BCUT2D eigenvalue weighted by molar-refractivity contribution is 6.32. The zero-order valence-corrected chi connectivity index (χ0v) is 23.2. The van der Waals surface area contributed by atoms with E-state index >= 15 is 0 Å². The molecule has 2 aromatic heterocycles. The van der Waals surface area contributed by atoms with Crippen LogP contribution in [0.5, 0.6) is 0 Å². The summed E-state index contributed by atoms with van der Waals surface area (Å²) >= 11 is 6.51. The van der Waals surface area contributed by atoms with Gasteiger partial charge >= 0.3 is 0 Å². The predicted molar refractivity (Wildman–Crippen MR) is 163 cm³/mol. The largest absolute Gasteiger partial charge is 0.354 e. The molecule has 1 saturated heterocycles. The molecule has 0 saturated carbocycles. The Morgan fingerprint density at radius 2 is 1.68 bits per heavy atom. The number of nitrogens with zero attached hydrogens (tertiary/aromatic N) is 5. The third-order valence-corrected chi connectivity index (χ3v) is 6.84. The number of benzene rings is 2. The molecule has 4 aromatic rings. The van der Waals surface area contributed by atoms with Crippen LogP contribution in [0.15, 0.2) is 85.7 Å². The van der Waals surface area contributed by atoms with E-state index in [9.17, 15) is 9.59 Å². The van der Waals surface area contributed by atoms with Gasteiger partial charge in [-0.2, -0.15) is 0 Å². The summed E-state index contributed by atoms with van der Waals surface area (Å²) in [6, 6.07) is 17.7. The number of rotatable bonds is 8. The van der Waals surface area contributed by atoms with Crippen LogP contribution in [0.3, 0.4) is 0 Å². The Labute approximate surface area is 243 Å². The van der Waals surface area contributed by atoms with Gasteiger partial charge in [0.1, 0.15) is 5.82 Å². The minimum absolute atomic E-state index is 0.289. The number of hydrogen-bond donors (Lipinski definition) is 3. The number of carbonyl (C=O) groups excluding carboxylic acids is 2. The van der Waals surface area contributed by atoms with Gasteiger partial charge in [0.25, 0.3) is 5.91 Å². The number of anilines is 5. The molecular formula is C30H29ClN8O2. The van der Waals surface area contributed by atoms with Gasteiger partial charge in [0.05, 0.1) is 16.9 Å². The Kier molecular flexibility index (Phi) is 8.52. The van der Waals surface area contributed by atoms with Crippen LogP contribution in [-0.2, 0) is 4.79 Å². The molecule has 0 aliphatic carbocycles. The van der Waals surface area contributed by atoms with Crippen LogP contribution in [0.4, 0.5) is 28.8 Å². The highest BCUT2D eigenvalue weighted by Gasteiger charge is 2.17. The van der Waals surface area contributed by atoms with Gasteiger partial charge in [0.15, 0.2) is 0 Å². The average Bonchev–Trinajstić information content (AvgIpc) is 2.99. The zero-order valence-electron chi connectivity index (χ0n) is 22.5. The summed E-state index contributed by atoms with van der Waals surface area (Å²) < 4.78 is 0. The first-order valence-electron chi connectivity index (χ1n) is 13.0. The number of pyridine rings is 1. The molecule has 1 aliphatic rings. The molecule has 0 spiro atoms. The lowest BCUT2D eigenvalue weighted by molar-refractivity contribution is -0.111. The van der Waals surface area contributed by atoms with E-state index in [1.165, 1.54) is 6.08 Å². The molecule has 2 aromatic carbocycles. The van der Waals surface area contributed by atoms with Crippen molar-refractivity contribution in [3.05, 3.63) is 96.3 Å². The van der Waals surface area contributed by atoms with E-state index < -0.39 is 0 Å². The van der Waals surface area contributed by atoms with Gasteiger partial charge < -0.3 is 25.8 Å². The molecule has 2 amide bonds. The van der Waals surface area contributed by atoms with Gasteiger partial charge in [-0.05, 0) is 67.7 Å². The number of amides is 2. The Bertz CT molecular complexity index is 1570. The second-order valence-corrected chi connectivity index (χ2v) is 9.92. The minimum atomic E-state index is -0.320. The predicted octanol–water partition coefficient (Wildman–Crippen LogP) is 5.06. The van der Waals surface area contributed by atoms with E-state index in [0.717, 1.165) is 37.6 Å². The number of halogens is 1. The smallest absolute Gasteiger partial charge is 0.255 e. The first kappa shape index (κ1) is 27.8. The fraction of sp³-hybridized carbons (Fsp3) is 0.167. The summed E-state index contributed by atoms with van der Waals surface area (Å²) in [6.07, 6.45) is 4.52. The van der Waals surface area contributed by atoms with Crippen molar-refractivity contribution in [3.63, 3.8) is 0 Å². The van der Waals surface area contributed by atoms with E-state index in [-0.39, 0.29) is 11.8 Å². The van der Waals surface area contributed by atoms with Crippen LogP contribution in [0.25, 0.3) is 11.3 Å². The SMILES string of the molecule is C=CC(=O)Nc1ccc(C(=O)Nc2cccc(Nc3ncc(Cl)c(-c4ccnc(N5CCN(C)CC5)c4)n3)c2)cc1. The number of aromatic nitrogens is 3. The maximum absolute atomic E-state index is 12.8. The lowest BCUT2D eigenvalue weighted by atomic mass is 10.1. The number of carbonyl (C=O) groups is 2. The van der Waals surface area contributed by atoms with Crippen molar-refractivity contribution in [2.75, 3.05) is 54.1 Å². The summed E-state index contributed by atoms with van der Waals surface area (Å²) in [5.41, 5.74) is 3.73. The number of likely N-dealkylation sites (N-methyl/N-ethyl adjacent to an activating group) is 1. The quantitative estimate of drug-likeness (QED) is 0.253. The van der Waals surface area contributed by atoms with Crippen molar-refractivity contribution >= 4 is 52.2 Å². The molecule has 11 heteroatoms. The highest BCUT2D eigenvalue weighted by atomic mass is 35.5.